The van der Waals surface area contributed by atoms with Crippen molar-refractivity contribution in [2.24, 2.45) is 0 Å². The highest BCUT2D eigenvalue weighted by Gasteiger charge is 2.28. The average molecular weight is 516 g/mol. The van der Waals surface area contributed by atoms with Crippen molar-refractivity contribution in [3.63, 3.8) is 0 Å². The molecule has 2 aromatic heterocycles. The van der Waals surface area contributed by atoms with E-state index < -0.39 is 35.3 Å². The van der Waals surface area contributed by atoms with Gasteiger partial charge in [0.1, 0.15) is 23.3 Å². The predicted molar refractivity (Wildman–Crippen MR) is 126 cm³/mol. The summed E-state index contributed by atoms with van der Waals surface area (Å²) in [7, 11) is 0. The van der Waals surface area contributed by atoms with E-state index in [4.69, 9.17) is 16.9 Å². The van der Waals surface area contributed by atoms with Crippen LogP contribution in [0.25, 0.3) is 22.0 Å². The molecule has 2 N–H and O–H groups in total. The van der Waals surface area contributed by atoms with Crippen molar-refractivity contribution in [1.29, 1.82) is 5.26 Å². The number of benzene rings is 2. The molecule has 0 aliphatic heterocycles. The number of hydrogen-bond acceptors (Lipinski definition) is 6. The zero-order valence-corrected chi connectivity index (χ0v) is 19.7. The minimum absolute atomic E-state index is 0.00314. The van der Waals surface area contributed by atoms with Gasteiger partial charge in [-0.2, -0.15) is 5.26 Å². The van der Waals surface area contributed by atoms with Crippen molar-refractivity contribution in [2.45, 2.75) is 31.9 Å². The zero-order valence-electron chi connectivity index (χ0n) is 18.9. The SMILES string of the molecule is CC(C)(O)c1ncc(-c2cc3c(N[C@@H](c4cc(C#N)ccc4F)C(F)F)c(Cl)cnc3cc2F)cn1. The van der Waals surface area contributed by atoms with E-state index in [0.717, 1.165) is 24.4 Å². The fourth-order valence-corrected chi connectivity index (χ4v) is 3.83. The van der Waals surface area contributed by atoms with Crippen molar-refractivity contribution in [3.8, 4) is 17.2 Å². The molecule has 0 saturated heterocycles. The van der Waals surface area contributed by atoms with Crippen LogP contribution in [0.3, 0.4) is 0 Å². The molecule has 0 amide bonds. The molecule has 4 aromatic rings. The standard InChI is InChI=1S/C25H18ClF4N5O/c1-25(2,36)24-33-9-13(10-34-24)14-6-16-20(7-19(14)28)32-11-17(26)21(16)35-22(23(29)30)15-5-12(8-31)3-4-18(15)27/h3-7,9-11,22-23,36H,1-2H3,(H,32,35)/t22-/m0/s1. The summed E-state index contributed by atoms with van der Waals surface area (Å²) in [6.45, 7) is 3.00. The quantitative estimate of drug-likeness (QED) is 0.299. The summed E-state index contributed by atoms with van der Waals surface area (Å²) >= 11 is 6.28. The third-order valence-electron chi connectivity index (χ3n) is 5.43. The van der Waals surface area contributed by atoms with Crippen molar-refractivity contribution in [2.75, 3.05) is 5.32 Å². The Kier molecular flexibility index (Phi) is 6.80. The molecule has 2 heterocycles. The van der Waals surface area contributed by atoms with Gasteiger partial charge in [0.05, 0.1) is 27.9 Å². The highest BCUT2D eigenvalue weighted by Crippen LogP contribution is 2.38. The molecule has 0 fully saturated rings. The van der Waals surface area contributed by atoms with Gasteiger partial charge < -0.3 is 10.4 Å². The molecule has 1 atom stereocenters. The maximum atomic E-state index is 15.0. The maximum absolute atomic E-state index is 15.0. The topological polar surface area (TPSA) is 94.7 Å². The van der Waals surface area contributed by atoms with Gasteiger partial charge in [-0.05, 0) is 38.1 Å². The van der Waals surface area contributed by atoms with E-state index >= 15 is 0 Å². The lowest BCUT2D eigenvalue weighted by molar-refractivity contribution is 0.0687. The van der Waals surface area contributed by atoms with Crippen LogP contribution in [0.1, 0.15) is 36.8 Å². The number of fused-ring (bicyclic) bond motifs is 1. The van der Waals surface area contributed by atoms with Crippen molar-refractivity contribution >= 4 is 28.2 Å². The second-order valence-corrected chi connectivity index (χ2v) is 8.90. The van der Waals surface area contributed by atoms with Gasteiger partial charge in [0.15, 0.2) is 5.82 Å². The number of nitrogens with zero attached hydrogens (tertiary/aromatic N) is 4. The Balaban J connectivity index is 1.84. The molecule has 0 radical (unpaired) electrons. The Hall–Kier alpha value is -3.81. The largest absolute Gasteiger partial charge is 0.382 e. The number of hydrogen-bond donors (Lipinski definition) is 2. The molecule has 0 spiro atoms. The van der Waals surface area contributed by atoms with Crippen LogP contribution in [0.2, 0.25) is 5.02 Å². The number of aromatic nitrogens is 3. The molecule has 6 nitrogen and oxygen atoms in total. The van der Waals surface area contributed by atoms with Crippen molar-refractivity contribution in [1.82, 2.24) is 15.0 Å². The summed E-state index contributed by atoms with van der Waals surface area (Å²) in [5.41, 5.74) is -1.36. The lowest BCUT2D eigenvalue weighted by Gasteiger charge is -2.22. The van der Waals surface area contributed by atoms with Crippen LogP contribution >= 0.6 is 11.6 Å². The second kappa shape index (κ2) is 9.68. The fourth-order valence-electron chi connectivity index (χ4n) is 3.62. The second-order valence-electron chi connectivity index (χ2n) is 8.49. The Labute approximate surface area is 208 Å². The van der Waals surface area contributed by atoms with Crippen LogP contribution in [-0.4, -0.2) is 26.5 Å². The molecule has 11 heteroatoms. The third kappa shape index (κ3) is 4.94. The first-order valence-electron chi connectivity index (χ1n) is 10.6. The number of pyridine rings is 1. The normalized spacial score (nSPS) is 12.6. The molecule has 0 unspecified atom stereocenters. The highest BCUT2D eigenvalue weighted by molar-refractivity contribution is 6.34. The molecular weight excluding hydrogens is 498 g/mol. The summed E-state index contributed by atoms with van der Waals surface area (Å²) in [5.74, 6) is -1.49. The Morgan fingerprint density at radius 2 is 1.72 bits per heavy atom. The van der Waals surface area contributed by atoms with Gasteiger partial charge in [-0.25, -0.2) is 27.5 Å². The predicted octanol–water partition coefficient (Wildman–Crippen LogP) is 6.14. The summed E-state index contributed by atoms with van der Waals surface area (Å²) in [6.07, 6.45) is 0.716. The maximum Gasteiger partial charge on any atom is 0.262 e. The number of rotatable bonds is 6. The van der Waals surface area contributed by atoms with Crippen LogP contribution in [0, 0.1) is 23.0 Å². The molecule has 0 aliphatic rings. The van der Waals surface area contributed by atoms with Crippen molar-refractivity contribution < 1.29 is 22.7 Å². The smallest absolute Gasteiger partial charge is 0.262 e. The Morgan fingerprint density at radius 3 is 2.33 bits per heavy atom. The first-order valence-corrected chi connectivity index (χ1v) is 10.9. The highest BCUT2D eigenvalue weighted by atomic mass is 35.5. The third-order valence-corrected chi connectivity index (χ3v) is 5.72. The molecule has 2 aromatic carbocycles. The molecule has 0 bridgehead atoms. The number of anilines is 1. The van der Waals surface area contributed by atoms with Gasteiger partial charge in [-0.3, -0.25) is 4.98 Å². The van der Waals surface area contributed by atoms with Gasteiger partial charge in [-0.1, -0.05) is 11.6 Å². The molecule has 184 valence electrons. The first-order chi connectivity index (χ1) is 17.0. The van der Waals surface area contributed by atoms with Gasteiger partial charge >= 0.3 is 0 Å². The van der Waals surface area contributed by atoms with Gasteiger partial charge in [0.2, 0.25) is 0 Å². The van der Waals surface area contributed by atoms with Crippen LogP contribution in [0.15, 0.2) is 48.9 Å². The zero-order chi connectivity index (χ0) is 26.2. The van der Waals surface area contributed by atoms with Crippen LogP contribution in [0.5, 0.6) is 0 Å². The van der Waals surface area contributed by atoms with Gasteiger partial charge in [0.25, 0.3) is 6.43 Å². The molecule has 0 aliphatic carbocycles. The average Bonchev–Trinajstić information content (AvgIpc) is 2.83. The first kappa shape index (κ1) is 25.3. The van der Waals surface area contributed by atoms with Crippen molar-refractivity contribution in [3.05, 3.63) is 82.5 Å². The number of alkyl halides is 2. The van der Waals surface area contributed by atoms with Gasteiger partial charge in [0, 0.05) is 46.7 Å². The van der Waals surface area contributed by atoms with E-state index in [2.05, 4.69) is 20.3 Å². The van der Waals surface area contributed by atoms with Crippen LogP contribution < -0.4 is 5.32 Å². The summed E-state index contributed by atoms with van der Waals surface area (Å²) in [4.78, 5) is 12.2. The van der Waals surface area contributed by atoms with E-state index in [1.807, 2.05) is 0 Å². The van der Waals surface area contributed by atoms with Gasteiger partial charge in [-0.15, -0.1) is 0 Å². The van der Waals surface area contributed by atoms with E-state index in [1.54, 1.807) is 6.07 Å². The summed E-state index contributed by atoms with van der Waals surface area (Å²) in [6, 6.07) is 5.51. The van der Waals surface area contributed by atoms with E-state index in [0.29, 0.717) is 0 Å². The lowest BCUT2D eigenvalue weighted by Crippen LogP contribution is -2.21. The molecule has 36 heavy (non-hydrogen) atoms. The monoisotopic (exact) mass is 515 g/mol. The number of nitrogens with one attached hydrogen (secondary N) is 1. The minimum Gasteiger partial charge on any atom is -0.382 e. The molecule has 4 rings (SSSR count). The summed E-state index contributed by atoms with van der Waals surface area (Å²) < 4.78 is 57.6. The van der Waals surface area contributed by atoms with E-state index in [1.165, 1.54) is 38.4 Å². The minimum atomic E-state index is -3.09. The van der Waals surface area contributed by atoms with E-state index in [-0.39, 0.29) is 44.1 Å². The number of nitriles is 1. The Morgan fingerprint density at radius 1 is 1.03 bits per heavy atom. The van der Waals surface area contributed by atoms with Crippen LogP contribution in [0.4, 0.5) is 23.2 Å². The fraction of sp³-hybridized carbons (Fsp3) is 0.200. The number of halogens is 5. The Bertz CT molecular complexity index is 1480. The number of aliphatic hydroxyl groups is 1. The van der Waals surface area contributed by atoms with Crippen LogP contribution in [-0.2, 0) is 5.60 Å². The molecule has 0 saturated carbocycles. The lowest BCUT2D eigenvalue weighted by atomic mass is 10.0. The summed E-state index contributed by atoms with van der Waals surface area (Å²) in [5, 5.41) is 21.9. The van der Waals surface area contributed by atoms with E-state index in [9.17, 15) is 22.7 Å². The molecular formula is C25H18ClF4N5O.